The van der Waals surface area contributed by atoms with Crippen molar-refractivity contribution in [2.24, 2.45) is 17.8 Å². The summed E-state index contributed by atoms with van der Waals surface area (Å²) in [5.74, 6) is 0.154. The van der Waals surface area contributed by atoms with Crippen LogP contribution in [0.5, 0.6) is 0 Å². The highest BCUT2D eigenvalue weighted by atomic mass is 19.1. The average Bonchev–Trinajstić information content (AvgIpc) is 2.93. The van der Waals surface area contributed by atoms with Gasteiger partial charge in [0, 0.05) is 39.3 Å². The van der Waals surface area contributed by atoms with Gasteiger partial charge in [0.05, 0.1) is 49.1 Å². The topological polar surface area (TPSA) is 74.3 Å². The lowest BCUT2D eigenvalue weighted by Crippen LogP contribution is -2.74. The van der Waals surface area contributed by atoms with Crippen LogP contribution in [-0.4, -0.2) is 116 Å². The summed E-state index contributed by atoms with van der Waals surface area (Å²) in [6.07, 6.45) is 8.43. The molecule has 0 aromatic rings. The van der Waals surface area contributed by atoms with E-state index in [9.17, 15) is 9.59 Å². The number of Topliss-reactive ketones (excluding diaryl/α,β-unsaturated/α-hetero) is 1. The van der Waals surface area contributed by atoms with Crippen LogP contribution < -0.4 is 5.32 Å². The number of fused-ring (bicyclic) bond motifs is 4. The summed E-state index contributed by atoms with van der Waals surface area (Å²) in [5, 5.41) is 3.53. The maximum atomic E-state index is 15.9. The van der Waals surface area contributed by atoms with E-state index in [1.807, 2.05) is 6.20 Å². The zero-order chi connectivity index (χ0) is 26.4. The van der Waals surface area contributed by atoms with Crippen molar-refractivity contribution in [1.29, 1.82) is 0 Å². The van der Waals surface area contributed by atoms with Crippen LogP contribution >= 0.6 is 0 Å². The number of hydrogen-bond acceptors (Lipinski definition) is 7. The van der Waals surface area contributed by atoms with Gasteiger partial charge in [-0.1, -0.05) is 19.3 Å². The summed E-state index contributed by atoms with van der Waals surface area (Å²) in [6, 6.07) is -0.498. The third kappa shape index (κ3) is 4.82. The van der Waals surface area contributed by atoms with Gasteiger partial charge in [-0.3, -0.25) is 14.5 Å². The van der Waals surface area contributed by atoms with Crippen molar-refractivity contribution in [3.8, 4) is 0 Å². The average molecular weight is 533 g/mol. The summed E-state index contributed by atoms with van der Waals surface area (Å²) in [5.41, 5.74) is 0.220. The number of rotatable bonds is 6. The predicted octanol–water partition coefficient (Wildman–Crippen LogP) is 1.99. The molecule has 0 aromatic heterocycles. The number of ketones is 1. The van der Waals surface area contributed by atoms with Crippen LogP contribution in [0, 0.1) is 17.8 Å². The van der Waals surface area contributed by atoms with Crippen molar-refractivity contribution in [3.63, 3.8) is 0 Å². The molecule has 38 heavy (non-hydrogen) atoms. The lowest BCUT2D eigenvalue weighted by Gasteiger charge is -2.62. The number of carbonyl (C=O) groups is 2. The van der Waals surface area contributed by atoms with Crippen LogP contribution in [0.2, 0.25) is 0 Å². The van der Waals surface area contributed by atoms with Gasteiger partial charge in [0.2, 0.25) is 0 Å². The quantitative estimate of drug-likeness (QED) is 0.414. The number of nitrogens with zero attached hydrogens (tertiary/aromatic N) is 3. The minimum atomic E-state index is -1.19. The number of ether oxygens (including phenoxy) is 2. The van der Waals surface area contributed by atoms with Gasteiger partial charge >= 0.3 is 0 Å². The van der Waals surface area contributed by atoms with E-state index >= 15 is 4.39 Å². The first-order valence-electron chi connectivity index (χ1n) is 15.0. The molecule has 3 heterocycles. The standard InChI is InChI=1S/C29H45FN4O4/c1-32(2)29(36)21-17-34-25-19-7-4-3-6-18(19)8-9-23(25)38-28-24(22(30)16-20(26(28)34)27(21)35)31-10-5-11-33-12-14-37-15-13-33/h17-20,22-26,28,31H,3-16H2,1-2H3. The molecule has 0 spiro atoms. The molecule has 3 saturated carbocycles. The number of morpholine rings is 2. The molecule has 0 radical (unpaired) electrons. The number of carbonyl (C=O) groups excluding carboxylic acids is 2. The number of hydrogen-bond donors (Lipinski definition) is 1. The Kier molecular flexibility index (Phi) is 7.82. The highest BCUT2D eigenvalue weighted by molar-refractivity contribution is 6.20. The Hall–Kier alpha value is -1.55. The molecule has 1 amide bonds. The van der Waals surface area contributed by atoms with Gasteiger partial charge in [-0.05, 0) is 57.0 Å². The molecule has 6 rings (SSSR count). The number of likely N-dealkylation sites (N-methyl/N-ethyl adjacent to an activating group) is 1. The van der Waals surface area contributed by atoms with Gasteiger partial charge in [0.25, 0.3) is 5.91 Å². The number of halogens is 1. The molecule has 0 bridgehead atoms. The van der Waals surface area contributed by atoms with E-state index in [-0.39, 0.29) is 41.9 Å². The monoisotopic (exact) mass is 532 g/mol. The van der Waals surface area contributed by atoms with Gasteiger partial charge in [0.15, 0.2) is 5.78 Å². The van der Waals surface area contributed by atoms with Gasteiger partial charge < -0.3 is 24.6 Å². The SMILES string of the molecule is CN(C)C(=O)C1=CN2C3C(CCC4CCCCC43)OC3C(NCCCN4CCOCC4)C(F)CC(C1=O)C32. The van der Waals surface area contributed by atoms with Crippen molar-refractivity contribution in [3.05, 3.63) is 11.8 Å². The third-order valence-electron chi connectivity index (χ3n) is 10.3. The number of amides is 1. The Labute approximate surface area is 226 Å². The first-order chi connectivity index (χ1) is 18.4. The minimum absolute atomic E-state index is 0.0133. The fraction of sp³-hybridized carbons (Fsp3) is 0.862. The second-order valence-corrected chi connectivity index (χ2v) is 12.6. The molecule has 6 aliphatic rings. The van der Waals surface area contributed by atoms with Gasteiger partial charge in [-0.2, -0.15) is 0 Å². The van der Waals surface area contributed by atoms with Crippen molar-refractivity contribution < 1.29 is 23.5 Å². The van der Waals surface area contributed by atoms with E-state index in [1.165, 1.54) is 30.6 Å². The molecule has 3 aliphatic heterocycles. The van der Waals surface area contributed by atoms with E-state index in [0.29, 0.717) is 18.4 Å². The molecule has 9 unspecified atom stereocenters. The van der Waals surface area contributed by atoms with Crippen molar-refractivity contribution in [2.75, 3.05) is 53.5 Å². The summed E-state index contributed by atoms with van der Waals surface area (Å²) < 4.78 is 28.2. The molecule has 9 heteroatoms. The van der Waals surface area contributed by atoms with E-state index in [4.69, 9.17) is 9.47 Å². The van der Waals surface area contributed by atoms with Crippen LogP contribution in [0.3, 0.4) is 0 Å². The minimum Gasteiger partial charge on any atom is -0.379 e. The molecule has 212 valence electrons. The van der Waals surface area contributed by atoms with E-state index in [2.05, 4.69) is 15.1 Å². The Morgan fingerprint density at radius 3 is 2.71 bits per heavy atom. The Morgan fingerprint density at radius 2 is 1.92 bits per heavy atom. The molecular weight excluding hydrogens is 487 g/mol. The van der Waals surface area contributed by atoms with Gasteiger partial charge in [-0.25, -0.2) is 4.39 Å². The third-order valence-corrected chi connectivity index (χ3v) is 10.3. The predicted molar refractivity (Wildman–Crippen MR) is 141 cm³/mol. The van der Waals surface area contributed by atoms with Crippen LogP contribution in [0.15, 0.2) is 11.8 Å². The summed E-state index contributed by atoms with van der Waals surface area (Å²) in [4.78, 5) is 33.0. The zero-order valence-corrected chi connectivity index (χ0v) is 23.0. The van der Waals surface area contributed by atoms with Crippen molar-refractivity contribution in [1.82, 2.24) is 20.0 Å². The normalized spacial score (nSPS) is 41.0. The van der Waals surface area contributed by atoms with Crippen molar-refractivity contribution in [2.45, 2.75) is 87.9 Å². The Morgan fingerprint density at radius 1 is 1.13 bits per heavy atom. The first kappa shape index (κ1) is 26.7. The lowest BCUT2D eigenvalue weighted by atomic mass is 9.63. The van der Waals surface area contributed by atoms with E-state index < -0.39 is 24.2 Å². The van der Waals surface area contributed by atoms with Crippen LogP contribution in [0.25, 0.3) is 0 Å². The molecule has 8 nitrogen and oxygen atoms in total. The van der Waals surface area contributed by atoms with Crippen LogP contribution in [0.4, 0.5) is 4.39 Å². The molecule has 0 aromatic carbocycles. The summed E-state index contributed by atoms with van der Waals surface area (Å²) in [6.45, 7) is 5.14. The van der Waals surface area contributed by atoms with E-state index in [0.717, 1.165) is 52.1 Å². The molecular formula is C29H45FN4O4. The summed E-state index contributed by atoms with van der Waals surface area (Å²) >= 11 is 0. The largest absolute Gasteiger partial charge is 0.379 e. The Bertz CT molecular complexity index is 924. The summed E-state index contributed by atoms with van der Waals surface area (Å²) in [7, 11) is 3.36. The van der Waals surface area contributed by atoms with Crippen molar-refractivity contribution >= 4 is 11.7 Å². The smallest absolute Gasteiger partial charge is 0.258 e. The van der Waals surface area contributed by atoms with Crippen LogP contribution in [-0.2, 0) is 19.1 Å². The molecule has 1 N–H and O–H groups in total. The fourth-order valence-electron chi connectivity index (χ4n) is 8.44. The molecule has 5 fully saturated rings. The number of alkyl halides is 1. The first-order valence-corrected chi connectivity index (χ1v) is 15.0. The molecule has 3 aliphatic carbocycles. The second-order valence-electron chi connectivity index (χ2n) is 12.6. The zero-order valence-electron chi connectivity index (χ0n) is 23.0. The number of nitrogens with one attached hydrogen (secondary N) is 1. The maximum absolute atomic E-state index is 15.9. The second kappa shape index (κ2) is 11.1. The fourth-order valence-corrected chi connectivity index (χ4v) is 8.44. The van der Waals surface area contributed by atoms with Crippen LogP contribution in [0.1, 0.15) is 51.4 Å². The highest BCUT2D eigenvalue weighted by Crippen LogP contribution is 2.51. The Balaban J connectivity index is 1.26. The van der Waals surface area contributed by atoms with Gasteiger partial charge in [0.1, 0.15) is 6.17 Å². The molecule has 9 atom stereocenters. The highest BCUT2D eigenvalue weighted by Gasteiger charge is 2.60. The lowest BCUT2D eigenvalue weighted by molar-refractivity contribution is -0.215. The molecule has 2 saturated heterocycles. The van der Waals surface area contributed by atoms with Gasteiger partial charge in [-0.15, -0.1) is 0 Å². The maximum Gasteiger partial charge on any atom is 0.258 e. The van der Waals surface area contributed by atoms with E-state index in [1.54, 1.807) is 14.1 Å².